The molecule has 5 nitrogen and oxygen atoms in total. The van der Waals surface area contributed by atoms with Crippen LogP contribution in [0.15, 0.2) is 48.5 Å². The van der Waals surface area contributed by atoms with Crippen molar-refractivity contribution in [1.82, 2.24) is 5.32 Å². The molecule has 0 aromatic heterocycles. The zero-order valence-electron chi connectivity index (χ0n) is 14.6. The smallest absolute Gasteiger partial charge is 0.314 e. The molecule has 1 N–H and O–H groups in total. The van der Waals surface area contributed by atoms with E-state index >= 15 is 0 Å². The molecule has 0 spiro atoms. The number of benzene rings is 2. The molecule has 1 saturated carbocycles. The molecule has 4 rings (SSSR count). The van der Waals surface area contributed by atoms with Gasteiger partial charge in [0.05, 0.1) is 17.1 Å². The molecular weight excluding hydrogens is 353 g/mol. The number of halogens is 1. The summed E-state index contributed by atoms with van der Waals surface area (Å²) in [6.07, 6.45) is 3.08. The van der Waals surface area contributed by atoms with Crippen LogP contribution in [0.5, 0.6) is 0 Å². The van der Waals surface area contributed by atoms with Crippen molar-refractivity contribution < 1.29 is 12.8 Å². The van der Waals surface area contributed by atoms with Crippen LogP contribution < -0.4 is 13.9 Å². The zero-order valence-corrected chi connectivity index (χ0v) is 15.4. The van der Waals surface area contributed by atoms with Gasteiger partial charge >= 0.3 is 10.2 Å². The molecule has 138 valence electrons. The monoisotopic (exact) mass is 375 g/mol. The van der Waals surface area contributed by atoms with Gasteiger partial charge in [0.1, 0.15) is 5.82 Å². The largest absolute Gasteiger partial charge is 0.331 e. The highest BCUT2D eigenvalue weighted by Crippen LogP contribution is 2.46. The molecule has 0 bridgehead atoms. The lowest BCUT2D eigenvalue weighted by atomic mass is 10.2. The quantitative estimate of drug-likeness (QED) is 0.840. The van der Waals surface area contributed by atoms with E-state index in [9.17, 15) is 12.8 Å². The Morgan fingerprint density at radius 1 is 1.08 bits per heavy atom. The summed E-state index contributed by atoms with van der Waals surface area (Å²) in [5.41, 5.74) is 1.13. The van der Waals surface area contributed by atoms with Crippen LogP contribution in [0.25, 0.3) is 0 Å². The van der Waals surface area contributed by atoms with Crippen LogP contribution >= 0.6 is 0 Å². The zero-order chi connectivity index (χ0) is 18.3. The molecule has 2 aromatic rings. The van der Waals surface area contributed by atoms with E-state index in [1.165, 1.54) is 29.3 Å². The summed E-state index contributed by atoms with van der Waals surface area (Å²) in [5, 5.41) is 3.42. The van der Waals surface area contributed by atoms with Gasteiger partial charge in [0.25, 0.3) is 0 Å². The maximum absolute atomic E-state index is 14.4. The van der Waals surface area contributed by atoms with Gasteiger partial charge in [0, 0.05) is 12.1 Å². The number of nitrogens with zero attached hydrogens (tertiary/aromatic N) is 2. The Balaban J connectivity index is 1.70. The third-order valence-corrected chi connectivity index (χ3v) is 6.77. The van der Waals surface area contributed by atoms with Crippen molar-refractivity contribution in [3.05, 3.63) is 54.3 Å². The van der Waals surface area contributed by atoms with Gasteiger partial charge in [0.2, 0.25) is 0 Å². The predicted octanol–water partition coefficient (Wildman–Crippen LogP) is 3.56. The molecule has 0 amide bonds. The van der Waals surface area contributed by atoms with Crippen LogP contribution in [0.3, 0.4) is 0 Å². The van der Waals surface area contributed by atoms with Gasteiger partial charge < -0.3 is 5.32 Å². The van der Waals surface area contributed by atoms with E-state index in [0.717, 1.165) is 10.8 Å². The first-order valence-electron chi connectivity index (χ1n) is 8.92. The van der Waals surface area contributed by atoms with E-state index in [0.29, 0.717) is 23.8 Å². The lowest BCUT2D eigenvalue weighted by Crippen LogP contribution is -2.42. The molecule has 7 heteroatoms. The Kier molecular flexibility index (Phi) is 4.36. The van der Waals surface area contributed by atoms with Crippen molar-refractivity contribution in [2.75, 3.05) is 15.2 Å². The summed E-state index contributed by atoms with van der Waals surface area (Å²) in [5.74, 6) is -0.559. The average Bonchev–Trinajstić information content (AvgIpc) is 3.38. The van der Waals surface area contributed by atoms with Crippen molar-refractivity contribution >= 4 is 27.3 Å². The molecule has 2 aromatic carbocycles. The second-order valence-corrected chi connectivity index (χ2v) is 8.53. The molecule has 1 aliphatic carbocycles. The first-order chi connectivity index (χ1) is 12.5. The topological polar surface area (TPSA) is 52.6 Å². The maximum Gasteiger partial charge on any atom is 0.331 e. The lowest BCUT2D eigenvalue weighted by molar-refractivity contribution is 0.558. The normalized spacial score (nSPS) is 19.5. The molecule has 26 heavy (non-hydrogen) atoms. The summed E-state index contributed by atoms with van der Waals surface area (Å²) >= 11 is 0. The number of para-hydroxylation sites is 3. The van der Waals surface area contributed by atoms with Gasteiger partial charge in [-0.1, -0.05) is 24.3 Å². The van der Waals surface area contributed by atoms with Gasteiger partial charge in [-0.05, 0) is 57.0 Å². The van der Waals surface area contributed by atoms with E-state index in [2.05, 4.69) is 5.32 Å². The summed E-state index contributed by atoms with van der Waals surface area (Å²) in [6.45, 7) is 2.66. The van der Waals surface area contributed by atoms with Crippen LogP contribution in [0.4, 0.5) is 21.5 Å². The van der Waals surface area contributed by atoms with Crippen molar-refractivity contribution in [2.45, 2.75) is 38.3 Å². The van der Waals surface area contributed by atoms with Crippen molar-refractivity contribution in [3.63, 3.8) is 0 Å². The molecule has 0 radical (unpaired) electrons. The van der Waals surface area contributed by atoms with Crippen molar-refractivity contribution in [1.29, 1.82) is 0 Å². The highest BCUT2D eigenvalue weighted by molar-refractivity contribution is 7.95. The molecular formula is C19H22FN3O2S. The summed E-state index contributed by atoms with van der Waals surface area (Å²) in [6, 6.07) is 13.4. The van der Waals surface area contributed by atoms with Crippen molar-refractivity contribution in [3.8, 4) is 0 Å². The number of anilines is 3. The number of fused-ring (bicyclic) bond motifs is 1. The minimum atomic E-state index is -3.90. The van der Waals surface area contributed by atoms with Crippen LogP contribution in [-0.4, -0.2) is 27.0 Å². The van der Waals surface area contributed by atoms with Crippen LogP contribution in [-0.2, 0) is 10.2 Å². The van der Waals surface area contributed by atoms with E-state index in [1.807, 2.05) is 6.92 Å². The number of rotatable bonds is 6. The molecule has 1 aliphatic heterocycles. The highest BCUT2D eigenvalue weighted by atomic mass is 32.2. The fraction of sp³-hybridized carbons (Fsp3) is 0.368. The summed E-state index contributed by atoms with van der Waals surface area (Å²) < 4.78 is 43.5. The van der Waals surface area contributed by atoms with Crippen LogP contribution in [0.2, 0.25) is 0 Å². The Morgan fingerprint density at radius 3 is 2.35 bits per heavy atom. The number of nitrogens with one attached hydrogen (secondary N) is 1. The fourth-order valence-corrected chi connectivity index (χ4v) is 5.33. The minimum Gasteiger partial charge on any atom is -0.314 e. The van der Waals surface area contributed by atoms with E-state index in [4.69, 9.17) is 0 Å². The fourth-order valence-electron chi connectivity index (χ4n) is 3.40. The Labute approximate surface area is 153 Å². The Morgan fingerprint density at radius 2 is 1.69 bits per heavy atom. The number of hydrogen-bond donors (Lipinski definition) is 1. The third kappa shape index (κ3) is 2.95. The molecule has 1 atom stereocenters. The average molecular weight is 375 g/mol. The van der Waals surface area contributed by atoms with Gasteiger partial charge in [-0.25, -0.2) is 13.0 Å². The highest BCUT2D eigenvalue weighted by Gasteiger charge is 2.44. The van der Waals surface area contributed by atoms with Gasteiger partial charge in [-0.15, -0.1) is 0 Å². The second-order valence-electron chi connectivity index (χ2n) is 6.87. The Bertz CT molecular complexity index is 915. The van der Waals surface area contributed by atoms with Gasteiger partial charge in [-0.3, -0.25) is 0 Å². The van der Waals surface area contributed by atoms with E-state index < -0.39 is 16.0 Å². The number of hydrogen-bond acceptors (Lipinski definition) is 3. The SMILES string of the molecule is CC(CCNC1CC1)N1c2ccccc2N(c2ccccc2F)S1(=O)=O. The summed E-state index contributed by atoms with van der Waals surface area (Å²) in [4.78, 5) is 0. The first kappa shape index (κ1) is 17.3. The predicted molar refractivity (Wildman–Crippen MR) is 101 cm³/mol. The van der Waals surface area contributed by atoms with Gasteiger partial charge in [0.15, 0.2) is 0 Å². The molecule has 2 aliphatic rings. The van der Waals surface area contributed by atoms with E-state index in [1.54, 1.807) is 36.4 Å². The van der Waals surface area contributed by atoms with E-state index in [-0.39, 0.29) is 11.7 Å². The molecule has 1 heterocycles. The third-order valence-electron chi connectivity index (χ3n) is 4.86. The molecule has 1 unspecified atom stereocenters. The van der Waals surface area contributed by atoms with Gasteiger partial charge in [-0.2, -0.15) is 8.42 Å². The molecule has 0 saturated heterocycles. The minimum absolute atomic E-state index is 0.0470. The van der Waals surface area contributed by atoms with Crippen molar-refractivity contribution in [2.24, 2.45) is 0 Å². The maximum atomic E-state index is 14.4. The second kappa shape index (κ2) is 6.55. The summed E-state index contributed by atoms with van der Waals surface area (Å²) in [7, 11) is -3.90. The lowest BCUT2D eigenvalue weighted by Gasteiger charge is -2.27. The standard InChI is InChI=1S/C19H22FN3O2S/c1-14(12-13-21-15-10-11-15)22-18-8-4-5-9-19(18)23(26(22,24)25)17-7-3-2-6-16(17)20/h2-9,14-15,21H,10-13H2,1H3. The first-order valence-corrected chi connectivity index (χ1v) is 10.3. The van der Waals surface area contributed by atoms with Crippen LogP contribution in [0.1, 0.15) is 26.2 Å². The Hall–Kier alpha value is -2.12. The molecule has 1 fully saturated rings. The van der Waals surface area contributed by atoms with Crippen LogP contribution in [0, 0.1) is 5.82 Å².